The van der Waals surface area contributed by atoms with Gasteiger partial charge in [0.25, 0.3) is 0 Å². The lowest BCUT2D eigenvalue weighted by molar-refractivity contribution is -0.538. The molecule has 0 radical (unpaired) electrons. The number of aliphatic hydroxyl groups excluding tert-OH is 1. The van der Waals surface area contributed by atoms with E-state index < -0.39 is 0 Å². The van der Waals surface area contributed by atoms with Crippen LogP contribution in [-0.2, 0) is 0 Å². The first-order chi connectivity index (χ1) is 12.8. The average Bonchev–Trinajstić information content (AvgIpc) is 2.67. The van der Waals surface area contributed by atoms with E-state index >= 15 is 0 Å². The Morgan fingerprint density at radius 3 is 2.42 bits per heavy atom. The van der Waals surface area contributed by atoms with Gasteiger partial charge in [-0.25, -0.2) is 4.98 Å². The van der Waals surface area contributed by atoms with E-state index in [1.807, 2.05) is 48.5 Å². The van der Waals surface area contributed by atoms with Gasteiger partial charge in [-0.15, -0.1) is 4.57 Å². The number of fused-ring (bicyclic) bond motifs is 2. The monoisotopic (exact) mass is 345 g/mol. The molecule has 0 aliphatic rings. The van der Waals surface area contributed by atoms with Crippen molar-refractivity contribution < 1.29 is 9.67 Å². The summed E-state index contributed by atoms with van der Waals surface area (Å²) in [6.07, 6.45) is 0.712. The maximum absolute atomic E-state index is 8.99. The molecule has 0 amide bonds. The van der Waals surface area contributed by atoms with E-state index in [0.717, 1.165) is 40.0 Å². The first-order valence-corrected chi connectivity index (χ1v) is 8.71. The molecule has 5 heteroatoms. The van der Waals surface area contributed by atoms with Crippen LogP contribution in [0.15, 0.2) is 66.7 Å². The number of hydrogen-bond acceptors (Lipinski definition) is 4. The zero-order chi connectivity index (χ0) is 17.9. The summed E-state index contributed by atoms with van der Waals surface area (Å²) in [5, 5.41) is 12.3. The molecule has 0 bridgehead atoms. The summed E-state index contributed by atoms with van der Waals surface area (Å²) >= 11 is 0. The van der Waals surface area contributed by atoms with E-state index in [4.69, 9.17) is 15.8 Å². The Kier molecular flexibility index (Phi) is 4.37. The Hall–Kier alpha value is -3.18. The van der Waals surface area contributed by atoms with Crippen molar-refractivity contribution in [3.05, 3.63) is 66.7 Å². The fraction of sp³-hybridized carbons (Fsp3) is 0.143. The first-order valence-electron chi connectivity index (χ1n) is 8.71. The summed E-state index contributed by atoms with van der Waals surface area (Å²) in [7, 11) is 0. The summed E-state index contributed by atoms with van der Waals surface area (Å²) in [6, 6.07) is 22.1. The lowest BCUT2D eigenvalue weighted by atomic mass is 10.2. The van der Waals surface area contributed by atoms with Gasteiger partial charge in [-0.2, -0.15) is 0 Å². The van der Waals surface area contributed by atoms with Gasteiger partial charge in [0.2, 0.25) is 16.7 Å². The van der Waals surface area contributed by atoms with Crippen molar-refractivity contribution in [1.29, 1.82) is 0 Å². The molecule has 26 heavy (non-hydrogen) atoms. The lowest BCUT2D eigenvalue weighted by Crippen LogP contribution is -2.33. The standard InChI is InChI=1S/C21H20N4O/c22-15-7-9-18-20(13-15)25(17-5-2-1-3-6-17)21-14-16(23-11-4-12-26)8-10-19(21)24-18/h1-3,5-10,13-14,26H,4,11-12H2,(H2,22,23)/p+1. The van der Waals surface area contributed by atoms with Crippen LogP contribution >= 0.6 is 0 Å². The number of rotatable bonds is 5. The Labute approximate surface area is 151 Å². The highest BCUT2D eigenvalue weighted by molar-refractivity contribution is 5.85. The van der Waals surface area contributed by atoms with Crippen LogP contribution in [0.5, 0.6) is 0 Å². The Morgan fingerprint density at radius 1 is 0.923 bits per heavy atom. The van der Waals surface area contributed by atoms with Crippen molar-refractivity contribution in [2.45, 2.75) is 6.42 Å². The second-order valence-electron chi connectivity index (χ2n) is 6.24. The smallest absolute Gasteiger partial charge is 0.239 e. The highest BCUT2D eigenvalue weighted by atomic mass is 16.3. The number of hydrogen-bond donors (Lipinski definition) is 3. The molecule has 130 valence electrons. The molecule has 4 aromatic rings. The second kappa shape index (κ2) is 6.98. The van der Waals surface area contributed by atoms with Gasteiger partial charge in [-0.3, -0.25) is 0 Å². The van der Waals surface area contributed by atoms with Crippen molar-refractivity contribution >= 4 is 33.4 Å². The highest BCUT2D eigenvalue weighted by Crippen LogP contribution is 2.22. The molecule has 0 fully saturated rings. The number of aliphatic hydroxyl groups is 1. The molecular weight excluding hydrogens is 324 g/mol. The maximum Gasteiger partial charge on any atom is 0.239 e. The first kappa shape index (κ1) is 16.3. The number of para-hydroxylation sites is 1. The highest BCUT2D eigenvalue weighted by Gasteiger charge is 2.19. The number of benzene rings is 3. The summed E-state index contributed by atoms with van der Waals surface area (Å²) in [5.74, 6) is 0. The molecule has 4 N–H and O–H groups in total. The van der Waals surface area contributed by atoms with Gasteiger partial charge in [0.1, 0.15) is 11.0 Å². The molecule has 0 atom stereocenters. The van der Waals surface area contributed by atoms with E-state index in [0.29, 0.717) is 12.1 Å². The molecule has 0 aliphatic carbocycles. The average molecular weight is 345 g/mol. The molecule has 0 saturated carbocycles. The van der Waals surface area contributed by atoms with E-state index in [-0.39, 0.29) is 6.61 Å². The molecule has 0 saturated heterocycles. The number of anilines is 2. The van der Waals surface area contributed by atoms with E-state index in [9.17, 15) is 0 Å². The third-order valence-corrected chi connectivity index (χ3v) is 4.38. The van der Waals surface area contributed by atoms with Crippen molar-refractivity contribution in [2.24, 2.45) is 0 Å². The second-order valence-corrected chi connectivity index (χ2v) is 6.24. The minimum absolute atomic E-state index is 0.177. The molecule has 1 aromatic heterocycles. The van der Waals surface area contributed by atoms with E-state index in [1.165, 1.54) is 0 Å². The van der Waals surface area contributed by atoms with Crippen molar-refractivity contribution in [3.63, 3.8) is 0 Å². The van der Waals surface area contributed by atoms with Gasteiger partial charge in [0.15, 0.2) is 0 Å². The van der Waals surface area contributed by atoms with Gasteiger partial charge >= 0.3 is 0 Å². The molecule has 3 aromatic carbocycles. The molecular formula is C21H21N4O+. The number of nitrogen functional groups attached to an aromatic ring is 1. The third-order valence-electron chi connectivity index (χ3n) is 4.38. The predicted octanol–water partition coefficient (Wildman–Crippen LogP) is 3.04. The number of nitrogens with zero attached hydrogens (tertiary/aromatic N) is 2. The van der Waals surface area contributed by atoms with Crippen molar-refractivity contribution in [3.8, 4) is 5.69 Å². The van der Waals surface area contributed by atoms with Gasteiger partial charge < -0.3 is 16.2 Å². The van der Waals surface area contributed by atoms with Crippen LogP contribution in [0.25, 0.3) is 27.8 Å². The summed E-state index contributed by atoms with van der Waals surface area (Å²) in [4.78, 5) is 4.80. The quantitative estimate of drug-likeness (QED) is 0.225. The minimum atomic E-state index is 0.177. The van der Waals surface area contributed by atoms with E-state index in [1.54, 1.807) is 0 Å². The molecule has 0 unspecified atom stereocenters. The topological polar surface area (TPSA) is 75.0 Å². The van der Waals surface area contributed by atoms with Crippen LogP contribution in [0.1, 0.15) is 6.42 Å². The Morgan fingerprint density at radius 2 is 1.65 bits per heavy atom. The SMILES string of the molecule is Nc1ccc2nc3ccc(NCCCO)cc3[n+](-c3ccccc3)c2c1. The van der Waals surface area contributed by atoms with Crippen LogP contribution < -0.4 is 15.6 Å². The molecule has 5 nitrogen and oxygen atoms in total. The summed E-state index contributed by atoms with van der Waals surface area (Å²) in [5.41, 5.74) is 12.6. The number of nitrogens with two attached hydrogens (primary N) is 1. The Balaban J connectivity index is 1.98. The van der Waals surface area contributed by atoms with Gasteiger partial charge in [0, 0.05) is 48.8 Å². The number of nitrogens with one attached hydrogen (secondary N) is 1. The third kappa shape index (κ3) is 3.05. The fourth-order valence-electron chi connectivity index (χ4n) is 3.15. The van der Waals surface area contributed by atoms with Crippen LogP contribution in [-0.4, -0.2) is 23.2 Å². The zero-order valence-electron chi connectivity index (χ0n) is 14.4. The van der Waals surface area contributed by atoms with Crippen LogP contribution in [0, 0.1) is 0 Å². The van der Waals surface area contributed by atoms with E-state index in [2.05, 4.69) is 28.1 Å². The predicted molar refractivity (Wildman–Crippen MR) is 105 cm³/mol. The van der Waals surface area contributed by atoms with Gasteiger partial charge in [-0.1, -0.05) is 18.2 Å². The largest absolute Gasteiger partial charge is 0.399 e. The zero-order valence-corrected chi connectivity index (χ0v) is 14.4. The van der Waals surface area contributed by atoms with Gasteiger partial charge in [0.05, 0.1) is 0 Å². The maximum atomic E-state index is 8.99. The van der Waals surface area contributed by atoms with Crippen LogP contribution in [0.4, 0.5) is 11.4 Å². The van der Waals surface area contributed by atoms with Crippen molar-refractivity contribution in [2.75, 3.05) is 24.2 Å². The molecule has 0 spiro atoms. The van der Waals surface area contributed by atoms with Crippen LogP contribution in [0.3, 0.4) is 0 Å². The minimum Gasteiger partial charge on any atom is -0.399 e. The molecule has 0 aliphatic heterocycles. The fourth-order valence-corrected chi connectivity index (χ4v) is 3.15. The van der Waals surface area contributed by atoms with Gasteiger partial charge in [-0.05, 0) is 30.7 Å². The summed E-state index contributed by atoms with van der Waals surface area (Å²) in [6.45, 7) is 0.900. The number of aromatic nitrogens is 2. The normalized spacial score (nSPS) is 11.1. The van der Waals surface area contributed by atoms with Crippen LogP contribution in [0.2, 0.25) is 0 Å². The Bertz CT molecular complexity index is 1060. The lowest BCUT2D eigenvalue weighted by Gasteiger charge is -2.08. The summed E-state index contributed by atoms with van der Waals surface area (Å²) < 4.78 is 2.19. The van der Waals surface area contributed by atoms with Crippen molar-refractivity contribution in [1.82, 2.24) is 4.98 Å². The molecule has 1 heterocycles. The molecule has 4 rings (SSSR count).